The molecule has 1 aromatic carbocycles. The van der Waals surface area contributed by atoms with E-state index in [1.165, 1.54) is 0 Å². The summed E-state index contributed by atoms with van der Waals surface area (Å²) < 4.78 is 5.32. The van der Waals surface area contributed by atoms with Crippen LogP contribution in [0.25, 0.3) is 0 Å². The number of hydrogen-bond donors (Lipinski definition) is 3. The molecule has 2 amide bonds. The molecule has 3 N–H and O–H groups in total. The van der Waals surface area contributed by atoms with Crippen LogP contribution in [0.5, 0.6) is 0 Å². The van der Waals surface area contributed by atoms with Gasteiger partial charge < -0.3 is 19.6 Å². The molecule has 1 atom stereocenters. The normalized spacial score (nSPS) is 18.1. The first-order chi connectivity index (χ1) is 15.5. The quantitative estimate of drug-likeness (QED) is 0.544. The van der Waals surface area contributed by atoms with Crippen molar-refractivity contribution >= 4 is 18.3 Å². The van der Waals surface area contributed by atoms with E-state index in [2.05, 4.69) is 15.2 Å². The van der Waals surface area contributed by atoms with E-state index in [0.717, 1.165) is 18.4 Å². The Morgan fingerprint density at radius 3 is 2.66 bits per heavy atom. The van der Waals surface area contributed by atoms with Crippen LogP contribution in [0.4, 0.5) is 0 Å². The number of benzene rings is 1. The number of amides is 2. The maximum atomic E-state index is 12.7. The second-order valence-electron chi connectivity index (χ2n) is 7.71. The van der Waals surface area contributed by atoms with Crippen LogP contribution in [0.15, 0.2) is 29.1 Å². The topological polar surface area (TPSA) is 149 Å². The summed E-state index contributed by atoms with van der Waals surface area (Å²) in [5.74, 6) is 0.724. The minimum atomic E-state index is -0.404. The number of H-pyrrole nitrogens is 2. The van der Waals surface area contributed by atoms with Crippen molar-refractivity contribution in [2.45, 2.75) is 19.3 Å². The number of rotatable bonds is 5. The first kappa shape index (κ1) is 23.2. The zero-order chi connectivity index (χ0) is 22.9. The molecular weight excluding hydrogens is 418 g/mol. The van der Waals surface area contributed by atoms with Crippen LogP contribution in [0.3, 0.4) is 0 Å². The summed E-state index contributed by atoms with van der Waals surface area (Å²) in [6.07, 6.45) is 1.84. The van der Waals surface area contributed by atoms with Crippen LogP contribution in [0.2, 0.25) is 0 Å². The Balaban J connectivity index is 0.000000913. The summed E-state index contributed by atoms with van der Waals surface area (Å²) in [4.78, 5) is 50.7. The molecular formula is C21H27N5O6. The van der Waals surface area contributed by atoms with Gasteiger partial charge >= 0.3 is 5.69 Å². The molecule has 2 aliphatic rings. The monoisotopic (exact) mass is 445 g/mol. The fourth-order valence-electron chi connectivity index (χ4n) is 3.98. The predicted molar refractivity (Wildman–Crippen MR) is 113 cm³/mol. The molecule has 2 fully saturated rings. The highest BCUT2D eigenvalue weighted by molar-refractivity contribution is 5.94. The fraction of sp³-hybridized carbons (Fsp3) is 0.476. The highest BCUT2D eigenvalue weighted by Gasteiger charge is 2.27. The molecule has 0 radical (unpaired) electrons. The number of morpholine rings is 1. The molecule has 11 heteroatoms. The number of aromatic nitrogens is 3. The molecule has 0 spiro atoms. The molecule has 0 aliphatic carbocycles. The number of ether oxygens (including phenoxy) is 1. The number of aromatic amines is 2. The van der Waals surface area contributed by atoms with Gasteiger partial charge in [0.25, 0.3) is 12.4 Å². The largest absolute Gasteiger partial charge is 0.483 e. The molecule has 3 heterocycles. The number of carbonyl (C=O) groups is 3. The Kier molecular flexibility index (Phi) is 8.14. The van der Waals surface area contributed by atoms with Crippen molar-refractivity contribution < 1.29 is 24.2 Å². The van der Waals surface area contributed by atoms with Crippen molar-refractivity contribution in [3.05, 3.63) is 51.7 Å². The van der Waals surface area contributed by atoms with Crippen LogP contribution in [-0.2, 0) is 27.2 Å². The number of nitrogens with one attached hydrogen (secondary N) is 2. The highest BCUT2D eigenvalue weighted by Crippen LogP contribution is 2.22. The third-order valence-corrected chi connectivity index (χ3v) is 5.50. The standard InChI is InChI=1S/C20H25N5O4.CH2O2/c26-18(12-17-21-20(28)23-22-17)25-5-4-15(13-25)10-14-2-1-3-16(11-14)19(27)24-6-8-29-9-7-24;2-1-3/h1-3,11,15H,4-10,12-13H2,(H2,21,22,23,28);1H,(H,2,3). The lowest BCUT2D eigenvalue weighted by molar-refractivity contribution is -0.129. The predicted octanol–water partition coefficient (Wildman–Crippen LogP) is -0.0951. The maximum absolute atomic E-state index is 12.7. The second kappa shape index (κ2) is 11.2. The average molecular weight is 445 g/mol. The first-order valence-electron chi connectivity index (χ1n) is 10.4. The molecule has 0 saturated carbocycles. The Morgan fingerprint density at radius 1 is 1.22 bits per heavy atom. The van der Waals surface area contributed by atoms with Crippen LogP contribution in [0, 0.1) is 5.92 Å². The van der Waals surface area contributed by atoms with Gasteiger partial charge in [-0.2, -0.15) is 5.10 Å². The third-order valence-electron chi connectivity index (χ3n) is 5.50. The van der Waals surface area contributed by atoms with Gasteiger partial charge in [0.2, 0.25) is 5.91 Å². The minimum absolute atomic E-state index is 0.0357. The van der Waals surface area contributed by atoms with Crippen LogP contribution >= 0.6 is 0 Å². The Bertz CT molecular complexity index is 981. The number of carbonyl (C=O) groups excluding carboxylic acids is 2. The summed E-state index contributed by atoms with van der Waals surface area (Å²) in [5, 5.41) is 13.0. The molecule has 32 heavy (non-hydrogen) atoms. The van der Waals surface area contributed by atoms with Gasteiger partial charge in [0.05, 0.1) is 19.6 Å². The van der Waals surface area contributed by atoms with E-state index in [0.29, 0.717) is 56.7 Å². The van der Waals surface area contributed by atoms with Crippen molar-refractivity contribution in [3.8, 4) is 0 Å². The second-order valence-corrected chi connectivity index (χ2v) is 7.71. The Hall–Kier alpha value is -3.47. The van der Waals surface area contributed by atoms with Crippen molar-refractivity contribution in [2.75, 3.05) is 39.4 Å². The molecule has 2 saturated heterocycles. The minimum Gasteiger partial charge on any atom is -0.483 e. The van der Waals surface area contributed by atoms with Crippen molar-refractivity contribution in [2.24, 2.45) is 5.92 Å². The van der Waals surface area contributed by atoms with Crippen molar-refractivity contribution in [3.63, 3.8) is 0 Å². The lowest BCUT2D eigenvalue weighted by Crippen LogP contribution is -2.40. The lowest BCUT2D eigenvalue weighted by atomic mass is 9.97. The van der Waals surface area contributed by atoms with Crippen LogP contribution in [-0.4, -0.2) is 87.8 Å². The molecule has 2 aromatic rings. The number of carboxylic acid groups (broad SMARTS) is 1. The van der Waals surface area contributed by atoms with Crippen LogP contribution < -0.4 is 5.69 Å². The van der Waals surface area contributed by atoms with Gasteiger partial charge in [-0.05, 0) is 36.5 Å². The van der Waals surface area contributed by atoms with Gasteiger partial charge in [0.1, 0.15) is 5.82 Å². The smallest absolute Gasteiger partial charge is 0.340 e. The summed E-state index contributed by atoms with van der Waals surface area (Å²) in [6, 6.07) is 7.79. The number of hydrogen-bond acceptors (Lipinski definition) is 6. The molecule has 1 aromatic heterocycles. The Morgan fingerprint density at radius 2 is 1.97 bits per heavy atom. The highest BCUT2D eigenvalue weighted by atomic mass is 16.5. The molecule has 11 nitrogen and oxygen atoms in total. The van der Waals surface area contributed by atoms with Crippen molar-refractivity contribution in [1.29, 1.82) is 0 Å². The maximum Gasteiger partial charge on any atom is 0.340 e. The summed E-state index contributed by atoms with van der Waals surface area (Å²) in [7, 11) is 0. The molecule has 2 aliphatic heterocycles. The summed E-state index contributed by atoms with van der Waals surface area (Å²) in [5.41, 5.74) is 1.41. The first-order valence-corrected chi connectivity index (χ1v) is 10.4. The zero-order valence-corrected chi connectivity index (χ0v) is 17.7. The average Bonchev–Trinajstić information content (AvgIpc) is 3.43. The summed E-state index contributed by atoms with van der Waals surface area (Å²) >= 11 is 0. The number of likely N-dealkylation sites (tertiary alicyclic amines) is 1. The van der Waals surface area contributed by atoms with E-state index in [4.69, 9.17) is 14.6 Å². The van der Waals surface area contributed by atoms with Gasteiger partial charge in [-0.3, -0.25) is 19.4 Å². The molecule has 172 valence electrons. The molecule has 1 unspecified atom stereocenters. The SMILES string of the molecule is O=C(Cc1n[nH]c(=O)[nH]1)N1CCC(Cc2cccc(C(=O)N3CCOCC3)c2)C1.O=CO. The van der Waals surface area contributed by atoms with Gasteiger partial charge in [-0.15, -0.1) is 0 Å². The van der Waals surface area contributed by atoms with Gasteiger partial charge in [0.15, 0.2) is 0 Å². The van der Waals surface area contributed by atoms with Gasteiger partial charge in [0, 0.05) is 31.7 Å². The van der Waals surface area contributed by atoms with Gasteiger partial charge in [-0.1, -0.05) is 12.1 Å². The van der Waals surface area contributed by atoms with Crippen LogP contribution in [0.1, 0.15) is 28.2 Å². The van der Waals surface area contributed by atoms with E-state index in [1.54, 1.807) is 0 Å². The Labute approximate surface area is 184 Å². The van der Waals surface area contributed by atoms with E-state index in [1.807, 2.05) is 34.1 Å². The molecule has 4 rings (SSSR count). The fourth-order valence-corrected chi connectivity index (χ4v) is 3.98. The van der Waals surface area contributed by atoms with Gasteiger partial charge in [-0.25, -0.2) is 9.89 Å². The third kappa shape index (κ3) is 6.27. The van der Waals surface area contributed by atoms with E-state index >= 15 is 0 Å². The van der Waals surface area contributed by atoms with E-state index in [-0.39, 0.29) is 24.7 Å². The van der Waals surface area contributed by atoms with E-state index < -0.39 is 5.69 Å². The summed E-state index contributed by atoms with van der Waals surface area (Å²) in [6.45, 7) is 3.56. The lowest BCUT2D eigenvalue weighted by Gasteiger charge is -2.27. The number of nitrogens with zero attached hydrogens (tertiary/aromatic N) is 3. The van der Waals surface area contributed by atoms with E-state index in [9.17, 15) is 14.4 Å². The zero-order valence-electron chi connectivity index (χ0n) is 17.7. The molecule has 0 bridgehead atoms. The van der Waals surface area contributed by atoms with Crippen molar-refractivity contribution in [1.82, 2.24) is 25.0 Å².